The van der Waals surface area contributed by atoms with Gasteiger partial charge < -0.3 is 10.2 Å². The van der Waals surface area contributed by atoms with E-state index in [9.17, 15) is 53.5 Å². The van der Waals surface area contributed by atoms with Crippen molar-refractivity contribution in [3.63, 3.8) is 0 Å². The number of nitrogens with one attached hydrogen (secondary N) is 1. The summed E-state index contributed by atoms with van der Waals surface area (Å²) >= 11 is 2.39. The van der Waals surface area contributed by atoms with Crippen LogP contribution in [0.2, 0.25) is 0 Å². The zero-order chi connectivity index (χ0) is 33.7. The van der Waals surface area contributed by atoms with Crippen LogP contribution in [0, 0.1) is 18.7 Å². The summed E-state index contributed by atoms with van der Waals surface area (Å²) in [5.74, 6) is -3.68. The standard InChI is InChI=1S/C28H19BrF11N3O2/c1-13-5-8-15(11-41-13)24(45)43(12-14-6-7-14)20-4-2-3-17(21(20)30)23(44)42-22-18(26(32,33)34)9-16(10-19(22)29)25(31,27(35,36)37)28(38,39)40/h2-5,8-11,14H,6-7,12H2,1H3,(H,42,44). The molecule has 0 radical (unpaired) electrons. The molecule has 0 saturated heterocycles. The summed E-state index contributed by atoms with van der Waals surface area (Å²) in [6.07, 6.45) is -16.5. The summed E-state index contributed by atoms with van der Waals surface area (Å²) < 4.78 is 150. The van der Waals surface area contributed by atoms with Gasteiger partial charge in [0.2, 0.25) is 0 Å². The molecule has 1 saturated carbocycles. The Hall–Kier alpha value is -3.76. The smallest absolute Gasteiger partial charge is 0.320 e. The van der Waals surface area contributed by atoms with Crippen LogP contribution in [-0.4, -0.2) is 35.7 Å². The van der Waals surface area contributed by atoms with Gasteiger partial charge in [-0.25, -0.2) is 8.78 Å². The van der Waals surface area contributed by atoms with Crippen LogP contribution < -0.4 is 10.2 Å². The molecule has 1 fully saturated rings. The van der Waals surface area contributed by atoms with Crippen LogP contribution in [0.1, 0.15) is 50.4 Å². The van der Waals surface area contributed by atoms with E-state index in [-0.39, 0.29) is 24.1 Å². The number of alkyl halides is 10. The van der Waals surface area contributed by atoms with Crippen molar-refractivity contribution in [3.8, 4) is 0 Å². The molecule has 2 aromatic carbocycles. The van der Waals surface area contributed by atoms with Gasteiger partial charge in [-0.3, -0.25) is 14.6 Å². The molecule has 1 aromatic heterocycles. The Morgan fingerprint density at radius 3 is 2.09 bits per heavy atom. The van der Waals surface area contributed by atoms with Crippen LogP contribution in [0.15, 0.2) is 53.1 Å². The number of halogens is 12. The maximum atomic E-state index is 15.8. The van der Waals surface area contributed by atoms with Gasteiger partial charge in [0.1, 0.15) is 0 Å². The summed E-state index contributed by atoms with van der Waals surface area (Å²) in [7, 11) is 0. The minimum absolute atomic E-state index is 0.0101. The molecular weight excluding hydrogens is 699 g/mol. The third-order valence-corrected chi connectivity index (χ3v) is 7.49. The maximum Gasteiger partial charge on any atom is 0.435 e. The van der Waals surface area contributed by atoms with Crippen molar-refractivity contribution in [2.45, 2.75) is 44.0 Å². The first kappa shape index (κ1) is 34.1. The number of hydrogen-bond acceptors (Lipinski definition) is 3. The van der Waals surface area contributed by atoms with E-state index in [1.54, 1.807) is 12.2 Å². The second kappa shape index (κ2) is 11.9. The van der Waals surface area contributed by atoms with Crippen molar-refractivity contribution in [1.82, 2.24) is 4.98 Å². The number of rotatable bonds is 7. The minimum Gasteiger partial charge on any atom is -0.320 e. The Bertz CT molecular complexity index is 1600. The van der Waals surface area contributed by atoms with Crippen LogP contribution >= 0.6 is 15.9 Å². The molecule has 17 heteroatoms. The highest BCUT2D eigenvalue weighted by atomic mass is 79.9. The fourth-order valence-electron chi connectivity index (χ4n) is 4.33. The number of carbonyl (C=O) groups excluding carboxylic acids is 2. The Balaban J connectivity index is 1.76. The summed E-state index contributed by atoms with van der Waals surface area (Å²) in [6, 6.07) is 5.08. The van der Waals surface area contributed by atoms with E-state index in [2.05, 4.69) is 20.9 Å². The zero-order valence-electron chi connectivity index (χ0n) is 22.6. The van der Waals surface area contributed by atoms with E-state index in [1.165, 1.54) is 18.3 Å². The minimum atomic E-state index is -6.72. The highest BCUT2D eigenvalue weighted by Crippen LogP contribution is 2.55. The second-order valence-corrected chi connectivity index (χ2v) is 11.0. The first-order valence-electron chi connectivity index (χ1n) is 12.7. The van der Waals surface area contributed by atoms with Crippen molar-refractivity contribution in [1.29, 1.82) is 0 Å². The van der Waals surface area contributed by atoms with E-state index in [0.717, 1.165) is 23.1 Å². The summed E-state index contributed by atoms with van der Waals surface area (Å²) in [4.78, 5) is 31.4. The fourth-order valence-corrected chi connectivity index (χ4v) is 4.89. The van der Waals surface area contributed by atoms with Crippen molar-refractivity contribution in [2.75, 3.05) is 16.8 Å². The van der Waals surface area contributed by atoms with Gasteiger partial charge in [0.25, 0.3) is 11.8 Å². The molecule has 0 spiro atoms. The Kier molecular flexibility index (Phi) is 9.00. The van der Waals surface area contributed by atoms with Gasteiger partial charge in [0.05, 0.1) is 28.1 Å². The highest BCUT2D eigenvalue weighted by molar-refractivity contribution is 9.10. The number of nitrogens with zero attached hydrogens (tertiary/aromatic N) is 2. The van der Waals surface area contributed by atoms with Gasteiger partial charge >= 0.3 is 24.2 Å². The molecule has 4 rings (SSSR count). The molecule has 45 heavy (non-hydrogen) atoms. The lowest BCUT2D eigenvalue weighted by molar-refractivity contribution is -0.348. The summed E-state index contributed by atoms with van der Waals surface area (Å²) in [5.41, 5.74) is -13.1. The normalized spacial score (nSPS) is 14.3. The average Bonchev–Trinajstić information content (AvgIpc) is 3.75. The Morgan fingerprint density at radius 2 is 1.58 bits per heavy atom. The van der Waals surface area contributed by atoms with Crippen molar-refractivity contribution in [3.05, 3.63) is 86.9 Å². The van der Waals surface area contributed by atoms with Gasteiger partial charge in [-0.05, 0) is 78.0 Å². The van der Waals surface area contributed by atoms with Crippen molar-refractivity contribution in [2.24, 2.45) is 5.92 Å². The lowest BCUT2D eigenvalue weighted by atomic mass is 9.92. The third-order valence-electron chi connectivity index (χ3n) is 6.87. The SMILES string of the molecule is Cc1ccc(C(=O)N(CC2CC2)c2cccc(C(=O)Nc3c(Br)cc(C(F)(C(F)(F)F)C(F)(F)F)cc3C(F)(F)F)c2F)cn1. The number of anilines is 2. The maximum absolute atomic E-state index is 15.8. The summed E-state index contributed by atoms with van der Waals surface area (Å²) in [5, 5.41) is 1.64. The molecule has 1 N–H and O–H groups in total. The molecule has 0 atom stereocenters. The molecule has 5 nitrogen and oxygen atoms in total. The molecular formula is C28H19BrF11N3O2. The number of aromatic nitrogens is 1. The first-order chi connectivity index (χ1) is 20.7. The average molecular weight is 718 g/mol. The predicted molar refractivity (Wildman–Crippen MR) is 142 cm³/mol. The fraction of sp³-hybridized carbons (Fsp3) is 0.321. The van der Waals surface area contributed by atoms with Crippen LogP contribution in [-0.2, 0) is 11.8 Å². The van der Waals surface area contributed by atoms with E-state index in [1.807, 2.05) is 0 Å². The summed E-state index contributed by atoms with van der Waals surface area (Å²) in [6.45, 7) is 1.68. The van der Waals surface area contributed by atoms with Crippen molar-refractivity contribution >= 4 is 39.1 Å². The van der Waals surface area contributed by atoms with Gasteiger partial charge in [0, 0.05) is 28.5 Å². The van der Waals surface area contributed by atoms with Gasteiger partial charge in [-0.15, -0.1) is 0 Å². The number of aryl methyl sites for hydroxylation is 1. The van der Waals surface area contributed by atoms with E-state index < -0.39 is 80.4 Å². The zero-order valence-corrected chi connectivity index (χ0v) is 24.1. The van der Waals surface area contributed by atoms with Gasteiger partial charge in [0.15, 0.2) is 5.82 Å². The number of carbonyl (C=O) groups is 2. The number of hydrogen-bond donors (Lipinski definition) is 1. The molecule has 0 unspecified atom stereocenters. The Morgan fingerprint density at radius 1 is 0.956 bits per heavy atom. The molecule has 242 valence electrons. The van der Waals surface area contributed by atoms with E-state index in [4.69, 9.17) is 0 Å². The van der Waals surface area contributed by atoms with Crippen molar-refractivity contribution < 1.29 is 57.9 Å². The number of benzene rings is 2. The Labute approximate surface area is 255 Å². The van der Waals surface area contributed by atoms with E-state index in [0.29, 0.717) is 18.5 Å². The van der Waals surface area contributed by atoms with Gasteiger partial charge in [-0.2, -0.15) is 39.5 Å². The molecule has 0 bridgehead atoms. The van der Waals surface area contributed by atoms with Crippen LogP contribution in [0.4, 0.5) is 59.7 Å². The third kappa shape index (κ3) is 6.77. The number of amides is 2. The quantitative estimate of drug-likeness (QED) is 0.249. The largest absolute Gasteiger partial charge is 0.435 e. The molecule has 0 aliphatic heterocycles. The lowest BCUT2D eigenvalue weighted by Crippen LogP contribution is -2.50. The van der Waals surface area contributed by atoms with Crippen LogP contribution in [0.5, 0.6) is 0 Å². The highest BCUT2D eigenvalue weighted by Gasteiger charge is 2.73. The molecule has 1 aliphatic carbocycles. The lowest BCUT2D eigenvalue weighted by Gasteiger charge is -2.31. The monoisotopic (exact) mass is 717 g/mol. The van der Waals surface area contributed by atoms with Crippen LogP contribution in [0.3, 0.4) is 0 Å². The van der Waals surface area contributed by atoms with Crippen LogP contribution in [0.25, 0.3) is 0 Å². The van der Waals surface area contributed by atoms with E-state index >= 15 is 4.39 Å². The van der Waals surface area contributed by atoms with Gasteiger partial charge in [-0.1, -0.05) is 6.07 Å². The number of pyridine rings is 1. The second-order valence-electron chi connectivity index (χ2n) is 10.2. The molecule has 1 aliphatic rings. The topological polar surface area (TPSA) is 62.3 Å². The molecule has 2 amide bonds. The first-order valence-corrected chi connectivity index (χ1v) is 13.5. The molecule has 3 aromatic rings. The predicted octanol–water partition coefficient (Wildman–Crippen LogP) is 8.91. The molecule has 1 heterocycles.